The fourth-order valence-electron chi connectivity index (χ4n) is 1.18. The number of allylic oxidation sites excluding steroid dienone is 1. The van der Waals surface area contributed by atoms with Gasteiger partial charge >= 0.3 is 5.97 Å². The molecule has 0 spiro atoms. The SMILES string of the molecule is N[C@@H](CC=CCc1ccccc1)C(=O)O. The highest BCUT2D eigenvalue weighted by molar-refractivity contribution is 5.73. The van der Waals surface area contributed by atoms with Crippen LogP contribution in [-0.2, 0) is 11.2 Å². The van der Waals surface area contributed by atoms with E-state index in [1.165, 1.54) is 5.56 Å². The number of nitrogens with two attached hydrogens (primary N) is 1. The molecule has 3 nitrogen and oxygen atoms in total. The fourth-order valence-corrected chi connectivity index (χ4v) is 1.18. The minimum absolute atomic E-state index is 0.377. The fraction of sp³-hybridized carbons (Fsp3) is 0.250. The molecule has 0 amide bonds. The van der Waals surface area contributed by atoms with Crippen LogP contribution in [0.4, 0.5) is 0 Å². The first-order chi connectivity index (χ1) is 7.20. The van der Waals surface area contributed by atoms with Crippen molar-refractivity contribution in [3.63, 3.8) is 0 Å². The van der Waals surface area contributed by atoms with Gasteiger partial charge in [-0.05, 0) is 18.4 Å². The van der Waals surface area contributed by atoms with Crippen molar-refractivity contribution in [2.45, 2.75) is 18.9 Å². The number of benzene rings is 1. The number of rotatable bonds is 5. The smallest absolute Gasteiger partial charge is 0.320 e. The van der Waals surface area contributed by atoms with Crippen LogP contribution in [0.5, 0.6) is 0 Å². The van der Waals surface area contributed by atoms with E-state index in [2.05, 4.69) is 0 Å². The molecule has 0 saturated heterocycles. The Balaban J connectivity index is 2.32. The van der Waals surface area contributed by atoms with E-state index < -0.39 is 12.0 Å². The van der Waals surface area contributed by atoms with Crippen LogP contribution in [0.1, 0.15) is 12.0 Å². The van der Waals surface area contributed by atoms with Crippen LogP contribution in [0, 0.1) is 0 Å². The Bertz CT molecular complexity index is 333. The summed E-state index contributed by atoms with van der Waals surface area (Å²) in [6, 6.07) is 9.19. The molecular formula is C12H15NO2. The maximum atomic E-state index is 10.4. The molecule has 0 saturated carbocycles. The molecule has 0 aliphatic rings. The summed E-state index contributed by atoms with van der Waals surface area (Å²) in [5.74, 6) is -0.959. The van der Waals surface area contributed by atoms with E-state index in [1.807, 2.05) is 42.5 Å². The first kappa shape index (κ1) is 11.5. The highest BCUT2D eigenvalue weighted by Crippen LogP contribution is 2.01. The molecule has 1 aromatic rings. The van der Waals surface area contributed by atoms with Gasteiger partial charge in [-0.2, -0.15) is 0 Å². The average molecular weight is 205 g/mol. The van der Waals surface area contributed by atoms with Gasteiger partial charge in [0.1, 0.15) is 6.04 Å². The van der Waals surface area contributed by atoms with Crippen molar-refractivity contribution < 1.29 is 9.90 Å². The third kappa shape index (κ3) is 4.42. The van der Waals surface area contributed by atoms with Gasteiger partial charge in [-0.1, -0.05) is 42.5 Å². The van der Waals surface area contributed by atoms with Gasteiger partial charge < -0.3 is 10.8 Å². The number of hydrogen-bond donors (Lipinski definition) is 2. The Hall–Kier alpha value is -1.61. The van der Waals surface area contributed by atoms with Crippen LogP contribution in [0.2, 0.25) is 0 Å². The third-order valence-corrected chi connectivity index (χ3v) is 2.07. The van der Waals surface area contributed by atoms with Crippen LogP contribution in [0.3, 0.4) is 0 Å². The Kier molecular flexibility index (Phi) is 4.57. The predicted molar refractivity (Wildman–Crippen MR) is 59.5 cm³/mol. The quantitative estimate of drug-likeness (QED) is 0.717. The maximum Gasteiger partial charge on any atom is 0.320 e. The van der Waals surface area contributed by atoms with E-state index >= 15 is 0 Å². The topological polar surface area (TPSA) is 63.3 Å². The lowest BCUT2D eigenvalue weighted by Crippen LogP contribution is -2.29. The number of hydrogen-bond acceptors (Lipinski definition) is 2. The third-order valence-electron chi connectivity index (χ3n) is 2.07. The predicted octanol–water partition coefficient (Wildman–Crippen LogP) is 1.59. The van der Waals surface area contributed by atoms with Gasteiger partial charge in [0, 0.05) is 0 Å². The number of carbonyl (C=O) groups is 1. The van der Waals surface area contributed by atoms with Crippen LogP contribution in [0.25, 0.3) is 0 Å². The zero-order valence-electron chi connectivity index (χ0n) is 8.47. The summed E-state index contributed by atoms with van der Waals surface area (Å²) < 4.78 is 0. The summed E-state index contributed by atoms with van der Waals surface area (Å²) >= 11 is 0. The molecule has 0 heterocycles. The Morgan fingerprint density at radius 3 is 2.60 bits per heavy atom. The summed E-state index contributed by atoms with van der Waals surface area (Å²) in [4.78, 5) is 10.4. The second kappa shape index (κ2) is 5.98. The van der Waals surface area contributed by atoms with Crippen LogP contribution in [0.15, 0.2) is 42.5 Å². The van der Waals surface area contributed by atoms with Crippen molar-refractivity contribution in [3.05, 3.63) is 48.0 Å². The summed E-state index contributed by atoms with van der Waals surface area (Å²) in [5, 5.41) is 8.54. The normalized spacial score (nSPS) is 12.9. The molecule has 15 heavy (non-hydrogen) atoms. The minimum Gasteiger partial charge on any atom is -0.480 e. The first-order valence-electron chi connectivity index (χ1n) is 4.87. The zero-order valence-corrected chi connectivity index (χ0v) is 8.47. The van der Waals surface area contributed by atoms with Crippen LogP contribution < -0.4 is 5.73 Å². The van der Waals surface area contributed by atoms with Gasteiger partial charge in [-0.25, -0.2) is 0 Å². The van der Waals surface area contributed by atoms with Gasteiger partial charge in [0.05, 0.1) is 0 Å². The van der Waals surface area contributed by atoms with Crippen LogP contribution in [-0.4, -0.2) is 17.1 Å². The lowest BCUT2D eigenvalue weighted by Gasteiger charge is -2.00. The Morgan fingerprint density at radius 1 is 1.33 bits per heavy atom. The number of carboxylic acids is 1. The molecule has 0 bridgehead atoms. The lowest BCUT2D eigenvalue weighted by atomic mass is 10.1. The monoisotopic (exact) mass is 205 g/mol. The highest BCUT2D eigenvalue weighted by atomic mass is 16.4. The molecule has 1 atom stereocenters. The molecule has 0 aliphatic carbocycles. The van der Waals surface area contributed by atoms with Gasteiger partial charge in [0.15, 0.2) is 0 Å². The molecule has 3 heteroatoms. The summed E-state index contributed by atoms with van der Waals surface area (Å²) in [6.07, 6.45) is 4.94. The van der Waals surface area contributed by atoms with E-state index in [9.17, 15) is 4.79 Å². The molecule has 80 valence electrons. The molecule has 0 unspecified atom stereocenters. The van der Waals surface area contributed by atoms with E-state index in [0.717, 1.165) is 6.42 Å². The molecule has 0 aromatic heterocycles. The second-order valence-corrected chi connectivity index (χ2v) is 3.34. The number of carboxylic acid groups (broad SMARTS) is 1. The van der Waals surface area contributed by atoms with Crippen molar-refractivity contribution >= 4 is 5.97 Å². The van der Waals surface area contributed by atoms with Crippen molar-refractivity contribution in [2.24, 2.45) is 5.73 Å². The molecule has 3 N–H and O–H groups in total. The molecule has 0 radical (unpaired) electrons. The lowest BCUT2D eigenvalue weighted by molar-refractivity contribution is -0.138. The van der Waals surface area contributed by atoms with E-state index in [0.29, 0.717) is 6.42 Å². The maximum absolute atomic E-state index is 10.4. The van der Waals surface area contributed by atoms with E-state index in [1.54, 1.807) is 0 Å². The molecule has 0 fully saturated rings. The standard InChI is InChI=1S/C12H15NO2/c13-11(12(14)15)9-5-4-8-10-6-2-1-3-7-10/h1-7,11H,8-9,13H2,(H,14,15)/t11-/m0/s1. The van der Waals surface area contributed by atoms with Crippen molar-refractivity contribution in [1.82, 2.24) is 0 Å². The van der Waals surface area contributed by atoms with Crippen molar-refractivity contribution in [1.29, 1.82) is 0 Å². The van der Waals surface area contributed by atoms with Gasteiger partial charge in [-0.15, -0.1) is 0 Å². The molecule has 1 rings (SSSR count). The Labute approximate surface area is 89.2 Å². The summed E-state index contributed by atoms with van der Waals surface area (Å²) in [6.45, 7) is 0. The minimum atomic E-state index is -0.959. The molecule has 1 aromatic carbocycles. The van der Waals surface area contributed by atoms with Crippen LogP contribution >= 0.6 is 0 Å². The molecule has 0 aliphatic heterocycles. The highest BCUT2D eigenvalue weighted by Gasteiger charge is 2.07. The van der Waals surface area contributed by atoms with Crippen molar-refractivity contribution in [3.8, 4) is 0 Å². The molecular weight excluding hydrogens is 190 g/mol. The largest absolute Gasteiger partial charge is 0.480 e. The van der Waals surface area contributed by atoms with E-state index in [4.69, 9.17) is 10.8 Å². The first-order valence-corrected chi connectivity index (χ1v) is 4.87. The van der Waals surface area contributed by atoms with Gasteiger partial charge in [-0.3, -0.25) is 4.79 Å². The summed E-state index contributed by atoms with van der Waals surface area (Å²) in [5.41, 5.74) is 6.55. The number of aliphatic carboxylic acids is 1. The summed E-state index contributed by atoms with van der Waals surface area (Å²) in [7, 11) is 0. The van der Waals surface area contributed by atoms with Crippen molar-refractivity contribution in [2.75, 3.05) is 0 Å². The van der Waals surface area contributed by atoms with Gasteiger partial charge in [0.25, 0.3) is 0 Å². The van der Waals surface area contributed by atoms with Gasteiger partial charge in [0.2, 0.25) is 0 Å². The van der Waals surface area contributed by atoms with E-state index in [-0.39, 0.29) is 0 Å². The zero-order chi connectivity index (χ0) is 11.1. The second-order valence-electron chi connectivity index (χ2n) is 3.34. The average Bonchev–Trinajstić information content (AvgIpc) is 2.25. The Morgan fingerprint density at radius 2 is 2.00 bits per heavy atom.